The van der Waals surface area contributed by atoms with Gasteiger partial charge in [-0.15, -0.1) is 0 Å². The van der Waals surface area contributed by atoms with Crippen LogP contribution in [0.4, 0.5) is 5.69 Å². The number of furan rings is 1. The molecule has 4 heteroatoms. The van der Waals surface area contributed by atoms with Gasteiger partial charge in [0.2, 0.25) is 0 Å². The molecule has 25 heavy (non-hydrogen) atoms. The third kappa shape index (κ3) is 2.48. The molecular formula is C21H15NO3. The van der Waals surface area contributed by atoms with Gasteiger partial charge in [-0.2, -0.15) is 0 Å². The minimum atomic E-state index is -0.352. The SMILES string of the molecule is Cc1ccccc1N1C(=O)/C(=C/c2ccco2)c2ccccc2C1=O. The van der Waals surface area contributed by atoms with Crippen LogP contribution in [0.3, 0.4) is 0 Å². The van der Waals surface area contributed by atoms with E-state index in [1.54, 1.807) is 48.7 Å². The molecule has 1 aliphatic rings. The number of nitrogens with zero attached hydrogens (tertiary/aromatic N) is 1. The van der Waals surface area contributed by atoms with Crippen LogP contribution in [0, 0.1) is 6.92 Å². The quantitative estimate of drug-likeness (QED) is 0.520. The molecule has 1 aliphatic heterocycles. The van der Waals surface area contributed by atoms with E-state index in [1.165, 1.54) is 4.90 Å². The minimum absolute atomic E-state index is 0.313. The fourth-order valence-electron chi connectivity index (χ4n) is 3.04. The Labute approximate surface area is 145 Å². The number of imide groups is 1. The first-order valence-electron chi connectivity index (χ1n) is 7.96. The maximum Gasteiger partial charge on any atom is 0.266 e. The zero-order chi connectivity index (χ0) is 17.4. The van der Waals surface area contributed by atoms with Crippen molar-refractivity contribution in [2.45, 2.75) is 6.92 Å². The van der Waals surface area contributed by atoms with Crippen LogP contribution < -0.4 is 4.90 Å². The lowest BCUT2D eigenvalue weighted by atomic mass is 9.92. The summed E-state index contributed by atoms with van der Waals surface area (Å²) in [6, 6.07) is 18.0. The van der Waals surface area contributed by atoms with E-state index >= 15 is 0 Å². The van der Waals surface area contributed by atoms with Crippen molar-refractivity contribution in [3.63, 3.8) is 0 Å². The molecule has 0 spiro atoms. The monoisotopic (exact) mass is 329 g/mol. The second kappa shape index (κ2) is 5.91. The summed E-state index contributed by atoms with van der Waals surface area (Å²) in [5.74, 6) is -0.0990. The van der Waals surface area contributed by atoms with Crippen LogP contribution in [0.15, 0.2) is 71.3 Å². The number of para-hydroxylation sites is 1. The minimum Gasteiger partial charge on any atom is -0.465 e. The predicted octanol–water partition coefficient (Wildman–Crippen LogP) is 4.32. The lowest BCUT2D eigenvalue weighted by Crippen LogP contribution is -2.42. The summed E-state index contributed by atoms with van der Waals surface area (Å²) in [4.78, 5) is 27.4. The van der Waals surface area contributed by atoms with Crippen LogP contribution in [0.5, 0.6) is 0 Å². The van der Waals surface area contributed by atoms with Crippen LogP contribution in [-0.4, -0.2) is 11.8 Å². The Balaban J connectivity index is 1.94. The van der Waals surface area contributed by atoms with Crippen LogP contribution in [0.2, 0.25) is 0 Å². The van der Waals surface area contributed by atoms with Gasteiger partial charge in [0.15, 0.2) is 0 Å². The van der Waals surface area contributed by atoms with E-state index in [4.69, 9.17) is 4.42 Å². The number of benzene rings is 2. The maximum atomic E-state index is 13.2. The molecule has 0 saturated carbocycles. The van der Waals surface area contributed by atoms with Crippen molar-refractivity contribution in [2.75, 3.05) is 4.90 Å². The smallest absolute Gasteiger partial charge is 0.266 e. The summed E-state index contributed by atoms with van der Waals surface area (Å²) in [5, 5.41) is 0. The summed E-state index contributed by atoms with van der Waals surface area (Å²) < 4.78 is 5.36. The zero-order valence-corrected chi connectivity index (χ0v) is 13.6. The summed E-state index contributed by atoms with van der Waals surface area (Å²) >= 11 is 0. The van der Waals surface area contributed by atoms with Gasteiger partial charge in [-0.25, -0.2) is 4.90 Å². The van der Waals surface area contributed by atoms with E-state index in [1.807, 2.05) is 31.2 Å². The summed E-state index contributed by atoms with van der Waals surface area (Å²) in [7, 11) is 0. The first-order valence-corrected chi connectivity index (χ1v) is 7.96. The molecule has 1 aromatic heterocycles. The van der Waals surface area contributed by atoms with Crippen molar-refractivity contribution < 1.29 is 14.0 Å². The van der Waals surface area contributed by atoms with Crippen molar-refractivity contribution >= 4 is 29.2 Å². The second-order valence-electron chi connectivity index (χ2n) is 5.85. The molecule has 2 amide bonds. The molecule has 0 unspecified atom stereocenters. The van der Waals surface area contributed by atoms with Gasteiger partial charge in [0, 0.05) is 11.1 Å². The number of rotatable bonds is 2. The van der Waals surface area contributed by atoms with E-state index in [9.17, 15) is 9.59 Å². The third-order valence-electron chi connectivity index (χ3n) is 4.27. The molecule has 0 saturated heterocycles. The van der Waals surface area contributed by atoms with Gasteiger partial charge in [-0.3, -0.25) is 9.59 Å². The Morgan fingerprint density at radius 2 is 1.56 bits per heavy atom. The summed E-state index contributed by atoms with van der Waals surface area (Å²) in [6.07, 6.45) is 3.23. The van der Waals surface area contributed by atoms with Crippen LogP contribution in [-0.2, 0) is 4.79 Å². The molecule has 0 bridgehead atoms. The van der Waals surface area contributed by atoms with E-state index in [2.05, 4.69) is 0 Å². The van der Waals surface area contributed by atoms with Crippen molar-refractivity contribution in [3.05, 3.63) is 89.4 Å². The van der Waals surface area contributed by atoms with Crippen molar-refractivity contribution in [1.29, 1.82) is 0 Å². The van der Waals surface area contributed by atoms with Gasteiger partial charge < -0.3 is 4.42 Å². The van der Waals surface area contributed by atoms with Crippen LogP contribution >= 0.6 is 0 Å². The predicted molar refractivity (Wildman–Crippen MR) is 96.0 cm³/mol. The van der Waals surface area contributed by atoms with Gasteiger partial charge in [0.1, 0.15) is 5.76 Å². The summed E-state index contributed by atoms with van der Waals surface area (Å²) in [6.45, 7) is 1.88. The molecule has 0 aliphatic carbocycles. The van der Waals surface area contributed by atoms with Gasteiger partial charge in [-0.05, 0) is 42.8 Å². The Kier molecular flexibility index (Phi) is 3.58. The van der Waals surface area contributed by atoms with Gasteiger partial charge >= 0.3 is 0 Å². The number of anilines is 1. The molecule has 0 N–H and O–H groups in total. The average molecular weight is 329 g/mol. The molecule has 2 heterocycles. The Hall–Kier alpha value is -3.40. The largest absolute Gasteiger partial charge is 0.465 e. The van der Waals surface area contributed by atoms with E-state index in [0.717, 1.165) is 5.56 Å². The first-order chi connectivity index (χ1) is 12.2. The molecule has 3 aromatic rings. The van der Waals surface area contributed by atoms with Crippen molar-refractivity contribution in [2.24, 2.45) is 0 Å². The molecular weight excluding hydrogens is 314 g/mol. The highest BCUT2D eigenvalue weighted by atomic mass is 16.3. The van der Waals surface area contributed by atoms with Gasteiger partial charge in [-0.1, -0.05) is 36.4 Å². The first kappa shape index (κ1) is 15.1. The topological polar surface area (TPSA) is 50.5 Å². The highest BCUT2D eigenvalue weighted by Gasteiger charge is 2.36. The van der Waals surface area contributed by atoms with E-state index in [-0.39, 0.29) is 11.8 Å². The standard InChI is InChI=1S/C21H15NO3/c1-14-7-2-5-11-19(14)22-20(23)17-10-4-3-9-16(17)18(21(22)24)13-15-8-6-12-25-15/h2-13H,1H3/b18-13+. The molecule has 4 rings (SSSR count). The molecule has 0 radical (unpaired) electrons. The Morgan fingerprint density at radius 3 is 2.28 bits per heavy atom. The fraction of sp³-hybridized carbons (Fsp3) is 0.0476. The normalized spacial score (nSPS) is 15.6. The number of carbonyl (C=O) groups excluding carboxylic acids is 2. The van der Waals surface area contributed by atoms with Crippen LogP contribution in [0.1, 0.15) is 27.2 Å². The van der Waals surface area contributed by atoms with Gasteiger partial charge in [0.25, 0.3) is 11.8 Å². The number of amides is 2. The molecule has 2 aromatic carbocycles. The Morgan fingerprint density at radius 1 is 0.840 bits per heavy atom. The molecule has 4 nitrogen and oxygen atoms in total. The Bertz CT molecular complexity index is 999. The second-order valence-corrected chi connectivity index (χ2v) is 5.85. The van der Waals surface area contributed by atoms with Crippen LogP contribution in [0.25, 0.3) is 11.6 Å². The molecule has 122 valence electrons. The van der Waals surface area contributed by atoms with Crippen molar-refractivity contribution in [1.82, 2.24) is 0 Å². The lowest BCUT2D eigenvalue weighted by Gasteiger charge is -2.29. The number of fused-ring (bicyclic) bond motifs is 1. The highest BCUT2D eigenvalue weighted by Crippen LogP contribution is 2.34. The van der Waals surface area contributed by atoms with Crippen molar-refractivity contribution in [3.8, 4) is 0 Å². The molecule has 0 atom stereocenters. The number of aryl methyl sites for hydroxylation is 1. The number of hydrogen-bond donors (Lipinski definition) is 0. The molecule has 0 fully saturated rings. The lowest BCUT2D eigenvalue weighted by molar-refractivity contribution is -0.112. The summed E-state index contributed by atoms with van der Waals surface area (Å²) in [5.41, 5.74) is 3.02. The number of carbonyl (C=O) groups is 2. The van der Waals surface area contributed by atoms with Gasteiger partial charge in [0.05, 0.1) is 17.5 Å². The third-order valence-corrected chi connectivity index (χ3v) is 4.27. The maximum absolute atomic E-state index is 13.2. The number of hydrogen-bond acceptors (Lipinski definition) is 3. The zero-order valence-electron chi connectivity index (χ0n) is 13.6. The fourth-order valence-corrected chi connectivity index (χ4v) is 3.04. The van der Waals surface area contributed by atoms with E-state index < -0.39 is 0 Å². The van der Waals surface area contributed by atoms with E-state index in [0.29, 0.717) is 28.1 Å². The average Bonchev–Trinajstić information content (AvgIpc) is 3.13. The highest BCUT2D eigenvalue weighted by molar-refractivity contribution is 6.43.